The lowest BCUT2D eigenvalue weighted by molar-refractivity contribution is -0.136. The second-order valence-corrected chi connectivity index (χ2v) is 11.3. The van der Waals surface area contributed by atoms with Crippen LogP contribution in [0, 0.1) is 0 Å². The highest BCUT2D eigenvalue weighted by Crippen LogP contribution is 2.05. The van der Waals surface area contributed by atoms with E-state index in [4.69, 9.17) is 117 Å². The molecule has 0 aromatic rings. The number of aldehydes is 5. The molecule has 0 amide bonds. The van der Waals surface area contributed by atoms with Crippen LogP contribution in [0.1, 0.15) is 6.92 Å². The van der Waals surface area contributed by atoms with E-state index in [-0.39, 0.29) is 31.4 Å². The zero-order valence-electron chi connectivity index (χ0n) is 30.0. The van der Waals surface area contributed by atoms with E-state index in [1.165, 1.54) is 6.92 Å². The lowest BCUT2D eigenvalue weighted by Gasteiger charge is -2.22. The smallest absolute Gasteiger partial charge is 0.151 e. The first-order chi connectivity index (χ1) is 26.3. The Kier molecular flexibility index (Phi) is 40.7. The fourth-order valence-electron chi connectivity index (χ4n) is 2.84. The van der Waals surface area contributed by atoms with Crippen LogP contribution >= 0.6 is 0 Å². The van der Waals surface area contributed by atoms with Crippen LogP contribution < -0.4 is 0 Å². The van der Waals surface area contributed by atoms with Crippen LogP contribution in [0.5, 0.6) is 0 Å². The Morgan fingerprint density at radius 3 is 0.596 bits per heavy atom. The fraction of sp³-hybridized carbons (Fsp3) is 0.828. The van der Waals surface area contributed by atoms with Gasteiger partial charge in [0.1, 0.15) is 110 Å². The number of aliphatic hydroxyl groups is 23. The van der Waals surface area contributed by atoms with Gasteiger partial charge in [0, 0.05) is 0 Å². The summed E-state index contributed by atoms with van der Waals surface area (Å²) in [6.07, 6.45) is -31.0. The Bertz CT molecular complexity index is 919. The summed E-state index contributed by atoms with van der Waals surface area (Å²) >= 11 is 0. The van der Waals surface area contributed by atoms with Crippen molar-refractivity contribution in [3.05, 3.63) is 0 Å². The molecule has 0 spiro atoms. The third kappa shape index (κ3) is 27.7. The fourth-order valence-corrected chi connectivity index (χ4v) is 2.84. The third-order valence-electron chi connectivity index (χ3n) is 6.67. The Labute approximate surface area is 322 Å². The summed E-state index contributed by atoms with van der Waals surface area (Å²) < 4.78 is 0. The molecule has 0 saturated heterocycles. The summed E-state index contributed by atoms with van der Waals surface area (Å²) in [4.78, 5) is 49.3. The van der Waals surface area contributed by atoms with Crippen molar-refractivity contribution < 1.29 is 141 Å². The van der Waals surface area contributed by atoms with Crippen molar-refractivity contribution in [2.24, 2.45) is 0 Å². The minimum absolute atomic E-state index is 0.0258. The largest absolute Gasteiger partial charge is 0.394 e. The number of aliphatic hydroxyl groups excluding tert-OH is 23. The average molecular weight is 855 g/mol. The Balaban J connectivity index is -0.000000198. The highest BCUT2D eigenvalue weighted by Gasteiger charge is 2.31. The molecule has 19 atom stereocenters. The summed E-state index contributed by atoms with van der Waals surface area (Å²) in [6, 6.07) is 0. The number of hydrogen-bond donors (Lipinski definition) is 23. The van der Waals surface area contributed by atoms with E-state index in [1.807, 2.05) is 0 Å². The summed E-state index contributed by atoms with van der Waals surface area (Å²) in [7, 11) is 0. The molecule has 0 aromatic heterocycles. The second-order valence-electron chi connectivity index (χ2n) is 11.3. The molecule has 28 heteroatoms. The molecule has 0 fully saturated rings. The number of carbonyl (C=O) groups is 5. The maximum Gasteiger partial charge on any atom is 0.151 e. The second kappa shape index (κ2) is 36.5. The minimum atomic E-state index is -1.79. The molecule has 0 aromatic carbocycles. The van der Waals surface area contributed by atoms with Gasteiger partial charge in [-0.2, -0.15) is 0 Å². The van der Waals surface area contributed by atoms with E-state index in [1.54, 1.807) is 0 Å². The highest BCUT2D eigenvalue weighted by atomic mass is 16.4. The summed E-state index contributed by atoms with van der Waals surface area (Å²) in [5.74, 6) is 0. The maximum absolute atomic E-state index is 9.90. The van der Waals surface area contributed by atoms with Gasteiger partial charge in [-0.05, 0) is 6.92 Å². The molecule has 0 unspecified atom stereocenters. The Morgan fingerprint density at radius 1 is 0.281 bits per heavy atom. The first-order valence-corrected chi connectivity index (χ1v) is 15.9. The standard InChI is InChI=1S/3C6H12O6.C6H12O5.C5H10O5/c3*7-1-3(9)5(11)6(12)4(10)2-8;1-3(8)5(10)6(11)4(9)2-7;6-1-3(8)5(10)4(9)2-7/h3*1,3-6,8-12H,2H2;2-6,8-11H,1H3;1,3-5,7-10H,2H2/t3-,4+,5+,6+;3-,4+,5+,6-;2*3-,4-,5-,6-;3-,4-,5+/m00101/s1. The van der Waals surface area contributed by atoms with Gasteiger partial charge in [-0.3, -0.25) is 0 Å². The SMILES string of the molecule is C[C@H](O)[C@H](O)[C@@H](O)[C@@H](O)C=O.O=C[C@@H](O)[C@@H](O)[C@H](O)[C@H](O)CO.O=C[C@@H](O)[C@H](O)[C@H](O)CO.O=C[C@H](O)[C@@H](O)[C@@H](O)[C@H](O)CO.O=C[C@H](O)[C@@H](O)[C@H](O)[C@H](O)CO. The van der Waals surface area contributed by atoms with Gasteiger partial charge in [0.2, 0.25) is 0 Å². The lowest BCUT2D eigenvalue weighted by atomic mass is 10.0. The molecule has 0 rings (SSSR count). The van der Waals surface area contributed by atoms with E-state index in [0.29, 0.717) is 0 Å². The van der Waals surface area contributed by atoms with E-state index in [9.17, 15) is 24.0 Å². The van der Waals surface area contributed by atoms with Crippen molar-refractivity contribution >= 4 is 31.4 Å². The number of rotatable bonds is 23. The van der Waals surface area contributed by atoms with Gasteiger partial charge in [-0.25, -0.2) is 0 Å². The molecule has 342 valence electrons. The van der Waals surface area contributed by atoms with Gasteiger partial charge < -0.3 is 141 Å². The van der Waals surface area contributed by atoms with Crippen molar-refractivity contribution in [2.75, 3.05) is 26.4 Å². The Hall–Kier alpha value is -2.57. The van der Waals surface area contributed by atoms with Gasteiger partial charge in [-0.1, -0.05) is 0 Å². The summed E-state index contributed by atoms with van der Waals surface area (Å²) in [5.41, 5.74) is 0. The molecule has 0 aliphatic carbocycles. The van der Waals surface area contributed by atoms with Gasteiger partial charge in [0.25, 0.3) is 0 Å². The van der Waals surface area contributed by atoms with Crippen molar-refractivity contribution in [1.29, 1.82) is 0 Å². The molecule has 57 heavy (non-hydrogen) atoms. The van der Waals surface area contributed by atoms with Crippen LogP contribution in [-0.4, -0.2) is 291 Å². The zero-order valence-corrected chi connectivity index (χ0v) is 30.0. The predicted molar refractivity (Wildman–Crippen MR) is 178 cm³/mol. The van der Waals surface area contributed by atoms with Crippen molar-refractivity contribution in [2.45, 2.75) is 123 Å². The zero-order chi connectivity index (χ0) is 46.3. The van der Waals surface area contributed by atoms with E-state index < -0.39 is 142 Å². The van der Waals surface area contributed by atoms with Gasteiger partial charge in [0.05, 0.1) is 32.5 Å². The monoisotopic (exact) mass is 854 g/mol. The first-order valence-electron chi connectivity index (χ1n) is 15.9. The molecular weight excluding hydrogens is 796 g/mol. The quantitative estimate of drug-likeness (QED) is 0.0424. The van der Waals surface area contributed by atoms with E-state index in [2.05, 4.69) is 0 Å². The molecule has 23 N–H and O–H groups in total. The van der Waals surface area contributed by atoms with Crippen molar-refractivity contribution in [3.63, 3.8) is 0 Å². The first kappa shape index (κ1) is 63.6. The van der Waals surface area contributed by atoms with E-state index >= 15 is 0 Å². The van der Waals surface area contributed by atoms with Crippen LogP contribution in [0.15, 0.2) is 0 Å². The number of carbonyl (C=O) groups excluding carboxylic acids is 5. The summed E-state index contributed by atoms with van der Waals surface area (Å²) in [6.45, 7) is -1.73. The topological polar surface area (TPSA) is 551 Å². The van der Waals surface area contributed by atoms with Crippen molar-refractivity contribution in [1.82, 2.24) is 0 Å². The molecule has 0 radical (unpaired) electrons. The molecule has 0 aliphatic rings. The minimum Gasteiger partial charge on any atom is -0.394 e. The number of hydrogen-bond acceptors (Lipinski definition) is 28. The van der Waals surface area contributed by atoms with Crippen LogP contribution in [0.25, 0.3) is 0 Å². The normalized spacial score (nSPS) is 21.0. The molecule has 0 saturated carbocycles. The average Bonchev–Trinajstić information content (AvgIpc) is 3.24. The molecule has 28 nitrogen and oxygen atoms in total. The van der Waals surface area contributed by atoms with Crippen LogP contribution in [0.3, 0.4) is 0 Å². The highest BCUT2D eigenvalue weighted by molar-refractivity contribution is 5.58. The molecule has 0 bridgehead atoms. The van der Waals surface area contributed by atoms with Crippen LogP contribution in [0.2, 0.25) is 0 Å². The lowest BCUT2D eigenvalue weighted by Crippen LogP contribution is -2.46. The third-order valence-corrected chi connectivity index (χ3v) is 6.67. The van der Waals surface area contributed by atoms with Gasteiger partial charge >= 0.3 is 0 Å². The van der Waals surface area contributed by atoms with Gasteiger partial charge in [-0.15, -0.1) is 0 Å². The predicted octanol–water partition coefficient (Wildman–Crippen LogP) is -15.2. The van der Waals surface area contributed by atoms with Crippen molar-refractivity contribution in [3.8, 4) is 0 Å². The maximum atomic E-state index is 9.90. The van der Waals surface area contributed by atoms with Crippen LogP contribution in [-0.2, 0) is 24.0 Å². The Morgan fingerprint density at radius 2 is 0.439 bits per heavy atom. The van der Waals surface area contributed by atoms with Crippen LogP contribution in [0.4, 0.5) is 0 Å². The van der Waals surface area contributed by atoms with Gasteiger partial charge in [0.15, 0.2) is 31.4 Å². The molecule has 0 aliphatic heterocycles. The molecular formula is C29H58O28. The van der Waals surface area contributed by atoms with E-state index in [0.717, 1.165) is 0 Å². The summed E-state index contributed by atoms with van der Waals surface area (Å²) in [5, 5.41) is 200. The molecule has 0 heterocycles.